The maximum atomic E-state index is 13.4. The second-order valence-corrected chi connectivity index (χ2v) is 6.38. The van der Waals surface area contributed by atoms with Crippen molar-refractivity contribution in [3.8, 4) is 5.75 Å². The van der Waals surface area contributed by atoms with Crippen molar-refractivity contribution in [3.63, 3.8) is 0 Å². The van der Waals surface area contributed by atoms with Gasteiger partial charge < -0.3 is 15.8 Å². The van der Waals surface area contributed by atoms with E-state index in [4.69, 9.17) is 10.5 Å². The van der Waals surface area contributed by atoms with Crippen LogP contribution in [-0.4, -0.2) is 18.8 Å². The third-order valence-electron chi connectivity index (χ3n) is 3.94. The zero-order valence-corrected chi connectivity index (χ0v) is 17.0. The lowest BCUT2D eigenvalue weighted by Crippen LogP contribution is -2.37. The van der Waals surface area contributed by atoms with E-state index in [1.54, 1.807) is 17.8 Å². The van der Waals surface area contributed by atoms with Crippen molar-refractivity contribution >= 4 is 41.7 Å². The molecular weight excluding hydrogens is 452 g/mol. The van der Waals surface area contributed by atoms with Gasteiger partial charge in [-0.3, -0.25) is 0 Å². The van der Waals surface area contributed by atoms with Gasteiger partial charge in [0.05, 0.1) is 19.2 Å². The zero-order chi connectivity index (χ0) is 16.9. The van der Waals surface area contributed by atoms with E-state index in [2.05, 4.69) is 10.3 Å². The van der Waals surface area contributed by atoms with E-state index in [1.165, 1.54) is 12.1 Å². The number of ether oxygens (including phenoxy) is 1. The number of rotatable bonds is 4. The van der Waals surface area contributed by atoms with E-state index in [0.29, 0.717) is 19.1 Å². The highest BCUT2D eigenvalue weighted by Crippen LogP contribution is 2.31. The van der Waals surface area contributed by atoms with E-state index in [-0.39, 0.29) is 35.8 Å². The molecule has 7 heteroatoms. The lowest BCUT2D eigenvalue weighted by Gasteiger charge is -2.26. The second kappa shape index (κ2) is 9.28. The monoisotopic (exact) mass is 473 g/mol. The predicted molar refractivity (Wildman–Crippen MR) is 111 cm³/mol. The molecular formula is C18H21FIN3OS. The van der Waals surface area contributed by atoms with Crippen LogP contribution in [0.5, 0.6) is 5.75 Å². The fourth-order valence-electron chi connectivity index (χ4n) is 2.76. The highest BCUT2D eigenvalue weighted by Gasteiger charge is 2.21. The predicted octanol–water partition coefficient (Wildman–Crippen LogP) is 4.09. The van der Waals surface area contributed by atoms with Crippen LogP contribution in [0.3, 0.4) is 0 Å². The lowest BCUT2D eigenvalue weighted by atomic mass is 10.0. The molecule has 3 N–H and O–H groups in total. The van der Waals surface area contributed by atoms with Crippen molar-refractivity contribution < 1.29 is 9.13 Å². The molecule has 0 fully saturated rings. The zero-order valence-electron chi connectivity index (χ0n) is 13.9. The van der Waals surface area contributed by atoms with Crippen molar-refractivity contribution in [1.29, 1.82) is 0 Å². The highest BCUT2D eigenvalue weighted by molar-refractivity contribution is 14.0. The Hall–Kier alpha value is -1.48. The summed E-state index contributed by atoms with van der Waals surface area (Å²) in [4.78, 5) is 5.38. The third-order valence-corrected chi connectivity index (χ3v) is 4.78. The molecule has 1 unspecified atom stereocenters. The molecule has 134 valence electrons. The van der Waals surface area contributed by atoms with Crippen LogP contribution in [0.2, 0.25) is 0 Å². The van der Waals surface area contributed by atoms with Crippen molar-refractivity contribution in [1.82, 2.24) is 5.32 Å². The minimum absolute atomic E-state index is 0. The fourth-order valence-corrected chi connectivity index (χ4v) is 3.35. The van der Waals surface area contributed by atoms with Gasteiger partial charge in [-0.05, 0) is 36.1 Å². The van der Waals surface area contributed by atoms with Crippen molar-refractivity contribution in [2.24, 2.45) is 10.7 Å². The normalized spacial score (nSPS) is 16.4. The topological polar surface area (TPSA) is 59.6 Å². The number of thioether (sulfide) groups is 1. The molecule has 1 aliphatic rings. The van der Waals surface area contributed by atoms with Crippen LogP contribution in [0.1, 0.15) is 23.6 Å². The first-order valence-electron chi connectivity index (χ1n) is 7.78. The van der Waals surface area contributed by atoms with Crippen LogP contribution in [0, 0.1) is 5.82 Å². The van der Waals surface area contributed by atoms with E-state index in [0.717, 1.165) is 28.2 Å². The summed E-state index contributed by atoms with van der Waals surface area (Å²) >= 11 is 1.57. The maximum absolute atomic E-state index is 13.4. The first-order valence-corrected chi connectivity index (χ1v) is 9.00. The smallest absolute Gasteiger partial charge is 0.189 e. The van der Waals surface area contributed by atoms with Crippen molar-refractivity contribution in [2.75, 3.05) is 12.9 Å². The lowest BCUT2D eigenvalue weighted by molar-refractivity contribution is 0.262. The summed E-state index contributed by atoms with van der Waals surface area (Å²) < 4.78 is 19.1. The minimum Gasteiger partial charge on any atom is -0.493 e. The molecule has 25 heavy (non-hydrogen) atoms. The Morgan fingerprint density at radius 3 is 2.96 bits per heavy atom. The van der Waals surface area contributed by atoms with Crippen LogP contribution in [0.25, 0.3) is 0 Å². The third kappa shape index (κ3) is 5.01. The Balaban J connectivity index is 0.00000225. The maximum Gasteiger partial charge on any atom is 0.189 e. The number of nitrogens with zero attached hydrogens (tertiary/aromatic N) is 1. The van der Waals surface area contributed by atoms with Gasteiger partial charge in [0.1, 0.15) is 11.6 Å². The molecule has 4 nitrogen and oxygen atoms in total. The molecule has 0 radical (unpaired) electrons. The number of guanidine groups is 1. The van der Waals surface area contributed by atoms with Crippen LogP contribution >= 0.6 is 35.7 Å². The Morgan fingerprint density at radius 2 is 2.16 bits per heavy atom. The molecule has 0 saturated carbocycles. The number of halogens is 2. The Labute approximate surface area is 168 Å². The molecule has 2 aromatic rings. The average Bonchev–Trinajstić information content (AvgIpc) is 2.60. The number of para-hydroxylation sites is 1. The van der Waals surface area contributed by atoms with Crippen LogP contribution in [-0.2, 0) is 6.54 Å². The SMILES string of the molecule is CSc1ccc(F)cc1CN=C(N)NC1CCOc2ccccc21.I. The van der Waals surface area contributed by atoms with Crippen LogP contribution in [0.15, 0.2) is 52.4 Å². The molecule has 0 spiro atoms. The summed E-state index contributed by atoms with van der Waals surface area (Å²) in [5.74, 6) is 0.972. The summed E-state index contributed by atoms with van der Waals surface area (Å²) in [6, 6.07) is 12.7. The van der Waals surface area contributed by atoms with E-state index in [1.807, 2.05) is 30.5 Å². The summed E-state index contributed by atoms with van der Waals surface area (Å²) in [6.07, 6.45) is 2.78. The molecule has 0 amide bonds. The van der Waals surface area contributed by atoms with Gasteiger partial charge in [-0.1, -0.05) is 18.2 Å². The number of aliphatic imine (C=N–C) groups is 1. The van der Waals surface area contributed by atoms with Gasteiger partial charge in [0.25, 0.3) is 0 Å². The van der Waals surface area contributed by atoms with Gasteiger partial charge in [-0.2, -0.15) is 0 Å². The molecule has 1 heterocycles. The van der Waals surface area contributed by atoms with Gasteiger partial charge in [-0.25, -0.2) is 9.38 Å². The van der Waals surface area contributed by atoms with Gasteiger partial charge in [0.2, 0.25) is 0 Å². The standard InChI is InChI=1S/C18H20FN3OS.HI/c1-24-17-7-6-13(19)10-12(17)11-21-18(20)22-15-8-9-23-16-5-3-2-4-14(15)16;/h2-7,10,15H,8-9,11H2,1H3,(H3,20,21,22);1H. The molecule has 0 saturated heterocycles. The molecule has 0 bridgehead atoms. The Kier molecular flexibility index (Phi) is 7.37. The van der Waals surface area contributed by atoms with Crippen molar-refractivity contribution in [3.05, 3.63) is 59.4 Å². The van der Waals surface area contributed by atoms with E-state index < -0.39 is 0 Å². The summed E-state index contributed by atoms with van der Waals surface area (Å²) in [7, 11) is 0. The number of fused-ring (bicyclic) bond motifs is 1. The molecule has 2 aromatic carbocycles. The largest absolute Gasteiger partial charge is 0.493 e. The summed E-state index contributed by atoms with van der Waals surface area (Å²) in [6.45, 7) is 0.986. The average molecular weight is 473 g/mol. The molecule has 0 aromatic heterocycles. The summed E-state index contributed by atoms with van der Waals surface area (Å²) in [5.41, 5.74) is 7.95. The second-order valence-electron chi connectivity index (χ2n) is 5.53. The summed E-state index contributed by atoms with van der Waals surface area (Å²) in [5, 5.41) is 3.24. The number of hydrogen-bond donors (Lipinski definition) is 2. The van der Waals surface area contributed by atoms with Gasteiger partial charge in [0.15, 0.2) is 5.96 Å². The van der Waals surface area contributed by atoms with Gasteiger partial charge in [0, 0.05) is 16.9 Å². The molecule has 1 aliphatic heterocycles. The number of nitrogens with one attached hydrogen (secondary N) is 1. The minimum atomic E-state index is -0.261. The van der Waals surface area contributed by atoms with E-state index in [9.17, 15) is 4.39 Å². The molecule has 3 rings (SSSR count). The van der Waals surface area contributed by atoms with Crippen LogP contribution in [0.4, 0.5) is 4.39 Å². The first-order chi connectivity index (χ1) is 11.7. The van der Waals surface area contributed by atoms with Crippen LogP contribution < -0.4 is 15.8 Å². The van der Waals surface area contributed by atoms with Gasteiger partial charge >= 0.3 is 0 Å². The Bertz CT molecular complexity index is 757. The van der Waals surface area contributed by atoms with E-state index >= 15 is 0 Å². The number of nitrogens with two attached hydrogens (primary N) is 1. The quantitative estimate of drug-likeness (QED) is 0.304. The molecule has 0 aliphatic carbocycles. The fraction of sp³-hybridized carbons (Fsp3) is 0.278. The Morgan fingerprint density at radius 1 is 1.36 bits per heavy atom. The first kappa shape index (κ1) is 19.8. The highest BCUT2D eigenvalue weighted by atomic mass is 127. The van der Waals surface area contributed by atoms with Crippen molar-refractivity contribution in [2.45, 2.75) is 23.9 Å². The number of hydrogen-bond acceptors (Lipinski definition) is 3. The van der Waals surface area contributed by atoms with Gasteiger partial charge in [-0.15, -0.1) is 35.7 Å². The molecule has 1 atom stereocenters. The number of benzene rings is 2.